The van der Waals surface area contributed by atoms with Gasteiger partial charge >= 0.3 is 0 Å². The molecule has 0 aliphatic carbocycles. The van der Waals surface area contributed by atoms with Crippen LogP contribution in [0.25, 0.3) is 0 Å². The Morgan fingerprint density at radius 2 is 2.04 bits per heavy atom. The van der Waals surface area contributed by atoms with Crippen molar-refractivity contribution in [2.45, 2.75) is 26.3 Å². The molecule has 0 fully saturated rings. The fourth-order valence-electron chi connectivity index (χ4n) is 2.37. The van der Waals surface area contributed by atoms with E-state index in [1.807, 2.05) is 24.4 Å². The van der Waals surface area contributed by atoms with Crippen molar-refractivity contribution in [3.8, 4) is 11.5 Å². The van der Waals surface area contributed by atoms with Gasteiger partial charge in [-0.05, 0) is 36.6 Å². The fourth-order valence-corrected chi connectivity index (χ4v) is 3.17. The lowest BCUT2D eigenvalue weighted by Crippen LogP contribution is -2.37. The molecule has 0 unspecified atom stereocenters. The van der Waals surface area contributed by atoms with E-state index in [2.05, 4.69) is 27.5 Å². The molecule has 0 spiro atoms. The minimum absolute atomic E-state index is 0. The van der Waals surface area contributed by atoms with Crippen molar-refractivity contribution in [3.05, 3.63) is 39.8 Å². The first-order valence-corrected chi connectivity index (χ1v) is 9.10. The van der Waals surface area contributed by atoms with Gasteiger partial charge in [0.2, 0.25) is 0 Å². The SMILES string of the molecule is CCc1cnc(CNC(=NC)NCCc2cc(OC)ccc2OC)s1.I. The van der Waals surface area contributed by atoms with Gasteiger partial charge in [-0.2, -0.15) is 0 Å². The van der Waals surface area contributed by atoms with Gasteiger partial charge in [0.1, 0.15) is 16.5 Å². The molecule has 0 aliphatic heterocycles. The van der Waals surface area contributed by atoms with Crippen LogP contribution in [0.15, 0.2) is 29.4 Å². The Morgan fingerprint density at radius 3 is 2.65 bits per heavy atom. The molecule has 0 atom stereocenters. The summed E-state index contributed by atoms with van der Waals surface area (Å²) in [6, 6.07) is 5.82. The Kier molecular flexibility index (Phi) is 10.3. The number of thiazole rings is 1. The summed E-state index contributed by atoms with van der Waals surface area (Å²) in [7, 11) is 5.11. The highest BCUT2D eigenvalue weighted by Gasteiger charge is 2.06. The smallest absolute Gasteiger partial charge is 0.191 e. The zero-order chi connectivity index (χ0) is 18.1. The number of nitrogens with one attached hydrogen (secondary N) is 2. The summed E-state index contributed by atoms with van der Waals surface area (Å²) >= 11 is 1.73. The van der Waals surface area contributed by atoms with E-state index in [0.29, 0.717) is 6.54 Å². The first-order valence-electron chi connectivity index (χ1n) is 8.29. The average Bonchev–Trinajstić information content (AvgIpc) is 3.12. The van der Waals surface area contributed by atoms with E-state index < -0.39 is 0 Å². The van der Waals surface area contributed by atoms with E-state index in [1.165, 1.54) is 4.88 Å². The van der Waals surface area contributed by atoms with Gasteiger partial charge in [-0.25, -0.2) is 4.98 Å². The summed E-state index contributed by atoms with van der Waals surface area (Å²) in [6.45, 7) is 3.55. The Bertz CT molecular complexity index is 706. The molecule has 1 aromatic heterocycles. The molecular weight excluding hydrogens is 463 g/mol. The maximum atomic E-state index is 5.41. The monoisotopic (exact) mass is 490 g/mol. The first-order chi connectivity index (χ1) is 12.2. The normalized spacial score (nSPS) is 10.8. The molecule has 2 aromatic rings. The average molecular weight is 490 g/mol. The predicted octanol–water partition coefficient (Wildman–Crippen LogP) is 3.25. The number of methoxy groups -OCH3 is 2. The van der Waals surface area contributed by atoms with Gasteiger partial charge in [0.15, 0.2) is 5.96 Å². The number of hydrogen-bond donors (Lipinski definition) is 2. The predicted molar refractivity (Wildman–Crippen MR) is 118 cm³/mol. The Hall–Kier alpha value is -1.55. The van der Waals surface area contributed by atoms with E-state index >= 15 is 0 Å². The minimum Gasteiger partial charge on any atom is -0.497 e. The maximum absolute atomic E-state index is 5.41. The highest BCUT2D eigenvalue weighted by Crippen LogP contribution is 2.24. The number of ether oxygens (including phenoxy) is 2. The van der Waals surface area contributed by atoms with Gasteiger partial charge in [-0.1, -0.05) is 6.92 Å². The zero-order valence-electron chi connectivity index (χ0n) is 15.7. The third-order valence-electron chi connectivity index (χ3n) is 3.75. The van der Waals surface area contributed by atoms with Crippen molar-refractivity contribution < 1.29 is 9.47 Å². The summed E-state index contributed by atoms with van der Waals surface area (Å²) in [4.78, 5) is 9.95. The number of nitrogens with zero attached hydrogens (tertiary/aromatic N) is 2. The lowest BCUT2D eigenvalue weighted by molar-refractivity contribution is 0.398. The summed E-state index contributed by atoms with van der Waals surface area (Å²) in [5, 5.41) is 7.67. The van der Waals surface area contributed by atoms with Crippen molar-refractivity contribution >= 4 is 41.3 Å². The second-order valence-corrected chi connectivity index (χ2v) is 6.55. The van der Waals surface area contributed by atoms with Gasteiger partial charge in [0.05, 0.1) is 20.8 Å². The number of rotatable bonds is 8. The van der Waals surface area contributed by atoms with Crippen LogP contribution in [-0.4, -0.2) is 38.8 Å². The second kappa shape index (κ2) is 11.9. The van der Waals surface area contributed by atoms with E-state index in [-0.39, 0.29) is 24.0 Å². The van der Waals surface area contributed by atoms with Gasteiger partial charge < -0.3 is 20.1 Å². The number of guanidine groups is 1. The molecule has 0 saturated heterocycles. The van der Waals surface area contributed by atoms with Crippen LogP contribution in [0.5, 0.6) is 11.5 Å². The molecule has 1 aromatic carbocycles. The van der Waals surface area contributed by atoms with Gasteiger partial charge in [-0.15, -0.1) is 35.3 Å². The summed E-state index contributed by atoms with van der Waals surface area (Å²) in [5.74, 6) is 2.45. The van der Waals surface area contributed by atoms with Crippen LogP contribution >= 0.6 is 35.3 Å². The largest absolute Gasteiger partial charge is 0.497 e. The third kappa shape index (κ3) is 6.64. The number of aromatic nitrogens is 1. The van der Waals surface area contributed by atoms with Crippen molar-refractivity contribution in [1.82, 2.24) is 15.6 Å². The Balaban J connectivity index is 0.00000338. The van der Waals surface area contributed by atoms with Crippen molar-refractivity contribution in [2.75, 3.05) is 27.8 Å². The molecule has 6 nitrogen and oxygen atoms in total. The molecule has 2 N–H and O–H groups in total. The maximum Gasteiger partial charge on any atom is 0.191 e. The van der Waals surface area contributed by atoms with E-state index in [9.17, 15) is 0 Å². The van der Waals surface area contributed by atoms with Crippen LogP contribution in [0.2, 0.25) is 0 Å². The third-order valence-corrected chi connectivity index (χ3v) is 4.90. The quantitative estimate of drug-likeness (QED) is 0.338. The molecule has 0 amide bonds. The summed E-state index contributed by atoms with van der Waals surface area (Å²) < 4.78 is 10.7. The fraction of sp³-hybridized carbons (Fsp3) is 0.444. The first kappa shape index (κ1) is 22.5. The number of aryl methyl sites for hydroxylation is 1. The molecule has 1 heterocycles. The van der Waals surface area contributed by atoms with Crippen molar-refractivity contribution in [3.63, 3.8) is 0 Å². The molecule has 0 saturated carbocycles. The van der Waals surface area contributed by atoms with Crippen LogP contribution in [0.1, 0.15) is 22.4 Å². The zero-order valence-corrected chi connectivity index (χ0v) is 18.8. The second-order valence-electron chi connectivity index (χ2n) is 5.35. The molecule has 2 rings (SSSR count). The molecule has 26 heavy (non-hydrogen) atoms. The van der Waals surface area contributed by atoms with Crippen LogP contribution < -0.4 is 20.1 Å². The summed E-state index contributed by atoms with van der Waals surface area (Å²) in [5.41, 5.74) is 1.09. The van der Waals surface area contributed by atoms with Crippen LogP contribution in [0.4, 0.5) is 0 Å². The molecule has 144 valence electrons. The van der Waals surface area contributed by atoms with Crippen LogP contribution in [-0.2, 0) is 19.4 Å². The number of halogens is 1. The van der Waals surface area contributed by atoms with Crippen molar-refractivity contribution in [2.24, 2.45) is 4.99 Å². The highest BCUT2D eigenvalue weighted by atomic mass is 127. The molecule has 0 radical (unpaired) electrons. The van der Waals surface area contributed by atoms with Gasteiger partial charge in [0.25, 0.3) is 0 Å². The van der Waals surface area contributed by atoms with E-state index in [1.54, 1.807) is 32.6 Å². The topological polar surface area (TPSA) is 67.8 Å². The standard InChI is InChI=1S/C18H26N4O2S.HI/c1-5-15-11-21-17(25-15)12-22-18(19-2)20-9-8-13-10-14(23-3)6-7-16(13)24-4;/h6-7,10-11H,5,8-9,12H2,1-4H3,(H2,19,20,22);1H. The lowest BCUT2D eigenvalue weighted by Gasteiger charge is -2.13. The molecule has 0 aliphatic rings. The van der Waals surface area contributed by atoms with Gasteiger partial charge in [-0.3, -0.25) is 4.99 Å². The van der Waals surface area contributed by atoms with Gasteiger partial charge in [0, 0.05) is 24.7 Å². The van der Waals surface area contributed by atoms with E-state index in [4.69, 9.17) is 9.47 Å². The number of benzene rings is 1. The van der Waals surface area contributed by atoms with E-state index in [0.717, 1.165) is 47.4 Å². The number of hydrogen-bond acceptors (Lipinski definition) is 5. The highest BCUT2D eigenvalue weighted by molar-refractivity contribution is 14.0. The Labute approximate surface area is 176 Å². The van der Waals surface area contributed by atoms with Crippen LogP contribution in [0.3, 0.4) is 0 Å². The molecule has 8 heteroatoms. The van der Waals surface area contributed by atoms with Crippen molar-refractivity contribution in [1.29, 1.82) is 0 Å². The lowest BCUT2D eigenvalue weighted by atomic mass is 10.1. The summed E-state index contributed by atoms with van der Waals surface area (Å²) in [6.07, 6.45) is 3.76. The minimum atomic E-state index is 0. The van der Waals surface area contributed by atoms with Crippen LogP contribution in [0, 0.1) is 0 Å². The Morgan fingerprint density at radius 1 is 1.23 bits per heavy atom. The number of aliphatic imine (C=N–C) groups is 1. The molecule has 0 bridgehead atoms. The molecular formula is C18H27IN4O2S.